The lowest BCUT2D eigenvalue weighted by Gasteiger charge is -2.43. The molecular formula is C23H19Cl3N2O2. The molecule has 4 rings (SSSR count). The van der Waals surface area contributed by atoms with Crippen LogP contribution in [0.4, 0.5) is 5.69 Å². The van der Waals surface area contributed by atoms with Gasteiger partial charge in [0.25, 0.3) is 0 Å². The largest absolute Gasteiger partial charge is 0.465 e. The molecule has 4 nitrogen and oxygen atoms in total. The maximum Gasteiger partial charge on any atom is 0.246 e. The summed E-state index contributed by atoms with van der Waals surface area (Å²) in [4.78, 5) is 16.8. The van der Waals surface area contributed by atoms with E-state index in [2.05, 4.69) is 4.90 Å². The molecule has 2 aromatic carbocycles. The van der Waals surface area contributed by atoms with E-state index in [9.17, 15) is 4.79 Å². The highest BCUT2D eigenvalue weighted by Gasteiger charge is 2.31. The van der Waals surface area contributed by atoms with Crippen LogP contribution in [0.15, 0.2) is 71.4 Å². The summed E-state index contributed by atoms with van der Waals surface area (Å²) in [6, 6.07) is 16.7. The number of piperazine rings is 1. The first-order chi connectivity index (χ1) is 14.5. The Kier molecular flexibility index (Phi) is 6.38. The average molecular weight is 462 g/mol. The number of benzene rings is 2. The van der Waals surface area contributed by atoms with Crippen molar-refractivity contribution in [2.24, 2.45) is 0 Å². The molecule has 3 aromatic rings. The van der Waals surface area contributed by atoms with Crippen LogP contribution >= 0.6 is 34.8 Å². The molecule has 0 saturated carbocycles. The Morgan fingerprint density at radius 2 is 1.77 bits per heavy atom. The van der Waals surface area contributed by atoms with Crippen molar-refractivity contribution in [3.63, 3.8) is 0 Å². The Hall–Kier alpha value is -2.40. The Bertz CT molecular complexity index is 1050. The van der Waals surface area contributed by atoms with Gasteiger partial charge in [0.2, 0.25) is 5.91 Å². The molecule has 0 aliphatic carbocycles. The number of nitrogens with zero attached hydrogens (tertiary/aromatic N) is 2. The quantitative estimate of drug-likeness (QED) is 0.425. The van der Waals surface area contributed by atoms with Crippen LogP contribution in [-0.4, -0.2) is 30.4 Å². The molecule has 1 saturated heterocycles. The molecule has 0 N–H and O–H groups in total. The maximum atomic E-state index is 12.8. The van der Waals surface area contributed by atoms with Gasteiger partial charge in [0, 0.05) is 35.8 Å². The zero-order valence-corrected chi connectivity index (χ0v) is 18.2. The molecular weight excluding hydrogens is 443 g/mol. The molecule has 1 unspecified atom stereocenters. The van der Waals surface area contributed by atoms with Gasteiger partial charge in [-0.05, 0) is 54.1 Å². The molecule has 0 radical (unpaired) electrons. The van der Waals surface area contributed by atoms with E-state index in [1.54, 1.807) is 36.6 Å². The Labute approximate surface area is 190 Å². The number of rotatable bonds is 4. The van der Waals surface area contributed by atoms with Crippen molar-refractivity contribution in [1.29, 1.82) is 0 Å². The summed E-state index contributed by atoms with van der Waals surface area (Å²) < 4.78 is 5.27. The smallest absolute Gasteiger partial charge is 0.246 e. The molecule has 1 aromatic heterocycles. The van der Waals surface area contributed by atoms with Crippen LogP contribution in [0.2, 0.25) is 15.1 Å². The van der Waals surface area contributed by atoms with Gasteiger partial charge >= 0.3 is 0 Å². The predicted molar refractivity (Wildman–Crippen MR) is 122 cm³/mol. The number of furan rings is 1. The fourth-order valence-electron chi connectivity index (χ4n) is 3.60. The third kappa shape index (κ3) is 4.67. The van der Waals surface area contributed by atoms with Crippen LogP contribution in [-0.2, 0) is 4.79 Å². The number of hydrogen-bond acceptors (Lipinski definition) is 3. The van der Waals surface area contributed by atoms with E-state index < -0.39 is 0 Å². The highest BCUT2D eigenvalue weighted by Crippen LogP contribution is 2.36. The molecule has 1 aliphatic heterocycles. The van der Waals surface area contributed by atoms with E-state index in [-0.39, 0.29) is 11.9 Å². The van der Waals surface area contributed by atoms with E-state index in [1.807, 2.05) is 41.3 Å². The molecule has 1 atom stereocenters. The number of carbonyl (C=O) groups excluding carboxylic acids is 1. The Balaban J connectivity index is 1.61. The normalized spacial score (nSPS) is 17.0. The second-order valence-corrected chi connectivity index (χ2v) is 8.27. The number of halogens is 3. The predicted octanol–water partition coefficient (Wildman–Crippen LogP) is 6.34. The SMILES string of the molecule is O=C(/C=C/c1ccco1)N1CCN(c2ccc(Cl)cc2Cl)C(c2ccc(Cl)cc2)C1. The number of amides is 1. The standard InChI is InChI=1S/C23H19Cl3N2O2/c24-17-5-3-16(4-6-17)22-15-27(23(29)10-8-19-2-1-13-30-19)11-12-28(22)21-9-7-18(25)14-20(21)26/h1-10,13-14,22H,11-12,15H2/b10-8+. The lowest BCUT2D eigenvalue weighted by Crippen LogP contribution is -2.50. The van der Waals surface area contributed by atoms with Crippen LogP contribution < -0.4 is 4.90 Å². The average Bonchev–Trinajstić information content (AvgIpc) is 3.26. The highest BCUT2D eigenvalue weighted by molar-refractivity contribution is 6.36. The molecule has 0 bridgehead atoms. The maximum absolute atomic E-state index is 12.8. The third-order valence-corrected chi connectivity index (χ3v) is 5.89. The number of anilines is 1. The molecule has 2 heterocycles. The van der Waals surface area contributed by atoms with Gasteiger partial charge < -0.3 is 14.2 Å². The molecule has 0 spiro atoms. The highest BCUT2D eigenvalue weighted by atomic mass is 35.5. The van der Waals surface area contributed by atoms with Crippen molar-refractivity contribution < 1.29 is 9.21 Å². The number of carbonyl (C=O) groups is 1. The van der Waals surface area contributed by atoms with E-state index >= 15 is 0 Å². The van der Waals surface area contributed by atoms with Gasteiger partial charge in [0.15, 0.2) is 0 Å². The second-order valence-electron chi connectivity index (χ2n) is 6.99. The molecule has 1 aliphatic rings. The van der Waals surface area contributed by atoms with Gasteiger partial charge in [-0.2, -0.15) is 0 Å². The minimum Gasteiger partial charge on any atom is -0.465 e. The summed E-state index contributed by atoms with van der Waals surface area (Å²) in [5.41, 5.74) is 1.94. The van der Waals surface area contributed by atoms with E-state index in [0.717, 1.165) is 11.3 Å². The second kappa shape index (κ2) is 9.17. The minimum atomic E-state index is -0.0735. The fraction of sp³-hybridized carbons (Fsp3) is 0.174. The minimum absolute atomic E-state index is 0.0628. The molecule has 1 amide bonds. The zero-order valence-electron chi connectivity index (χ0n) is 16.0. The Morgan fingerprint density at radius 1 is 1.00 bits per heavy atom. The van der Waals surface area contributed by atoms with Crippen LogP contribution in [0, 0.1) is 0 Å². The van der Waals surface area contributed by atoms with Gasteiger partial charge in [0.05, 0.1) is 23.0 Å². The zero-order chi connectivity index (χ0) is 21.1. The summed E-state index contributed by atoms with van der Waals surface area (Å²) in [6.07, 6.45) is 4.81. The first kappa shape index (κ1) is 20.9. The van der Waals surface area contributed by atoms with Crippen LogP contribution in [0.25, 0.3) is 6.08 Å². The van der Waals surface area contributed by atoms with E-state index in [1.165, 1.54) is 0 Å². The van der Waals surface area contributed by atoms with Gasteiger partial charge in [-0.25, -0.2) is 0 Å². The Morgan fingerprint density at radius 3 is 2.47 bits per heavy atom. The first-order valence-corrected chi connectivity index (χ1v) is 10.6. The summed E-state index contributed by atoms with van der Waals surface area (Å²) in [5.74, 6) is 0.580. The van der Waals surface area contributed by atoms with Crippen molar-refractivity contribution in [2.75, 3.05) is 24.5 Å². The van der Waals surface area contributed by atoms with Gasteiger partial charge in [-0.1, -0.05) is 46.9 Å². The van der Waals surface area contributed by atoms with Crippen molar-refractivity contribution in [2.45, 2.75) is 6.04 Å². The van der Waals surface area contributed by atoms with Crippen LogP contribution in [0.1, 0.15) is 17.4 Å². The summed E-state index contributed by atoms with van der Waals surface area (Å²) in [6.45, 7) is 1.72. The lowest BCUT2D eigenvalue weighted by molar-refractivity contribution is -0.126. The molecule has 30 heavy (non-hydrogen) atoms. The first-order valence-electron chi connectivity index (χ1n) is 9.49. The monoisotopic (exact) mass is 460 g/mol. The van der Waals surface area contributed by atoms with Crippen molar-refractivity contribution >= 4 is 52.5 Å². The fourth-order valence-corrected chi connectivity index (χ4v) is 4.24. The van der Waals surface area contributed by atoms with Crippen molar-refractivity contribution in [3.8, 4) is 0 Å². The summed E-state index contributed by atoms with van der Waals surface area (Å²) in [5, 5.41) is 1.84. The van der Waals surface area contributed by atoms with Gasteiger partial charge in [-0.3, -0.25) is 4.79 Å². The molecule has 7 heteroatoms. The topological polar surface area (TPSA) is 36.7 Å². The van der Waals surface area contributed by atoms with Crippen molar-refractivity contribution in [3.05, 3.63) is 93.3 Å². The number of hydrogen-bond donors (Lipinski definition) is 0. The molecule has 154 valence electrons. The van der Waals surface area contributed by atoms with E-state index in [4.69, 9.17) is 39.2 Å². The van der Waals surface area contributed by atoms with Gasteiger partial charge in [0.1, 0.15) is 5.76 Å². The summed E-state index contributed by atoms with van der Waals surface area (Å²) in [7, 11) is 0. The van der Waals surface area contributed by atoms with E-state index in [0.29, 0.717) is 40.5 Å². The van der Waals surface area contributed by atoms with Crippen LogP contribution in [0.3, 0.4) is 0 Å². The third-order valence-electron chi connectivity index (χ3n) is 5.10. The van der Waals surface area contributed by atoms with Crippen molar-refractivity contribution in [1.82, 2.24) is 4.90 Å². The summed E-state index contributed by atoms with van der Waals surface area (Å²) >= 11 is 18.7. The van der Waals surface area contributed by atoms with Gasteiger partial charge in [-0.15, -0.1) is 0 Å². The van der Waals surface area contributed by atoms with Crippen LogP contribution in [0.5, 0.6) is 0 Å². The lowest BCUT2D eigenvalue weighted by atomic mass is 10.0. The molecule has 1 fully saturated rings.